The molecule has 70 valence electrons. The molecular formula is C10H8N2OS. The molecule has 0 spiro atoms. The topological polar surface area (TPSA) is 52.9 Å². The third-order valence-corrected chi connectivity index (χ3v) is 3.17. The number of amides is 1. The van der Waals surface area contributed by atoms with Gasteiger partial charge in [0.2, 0.25) is 5.91 Å². The summed E-state index contributed by atoms with van der Waals surface area (Å²) in [5, 5.41) is 11.5. The van der Waals surface area contributed by atoms with Gasteiger partial charge in [0.15, 0.2) is 0 Å². The first kappa shape index (κ1) is 9.10. The summed E-state index contributed by atoms with van der Waals surface area (Å²) in [6.45, 7) is 0. The van der Waals surface area contributed by atoms with Crippen molar-refractivity contribution < 1.29 is 4.79 Å². The van der Waals surface area contributed by atoms with Gasteiger partial charge in [-0.05, 0) is 17.7 Å². The zero-order valence-electron chi connectivity index (χ0n) is 7.36. The van der Waals surface area contributed by atoms with Gasteiger partial charge in [0, 0.05) is 0 Å². The van der Waals surface area contributed by atoms with Gasteiger partial charge in [-0.2, -0.15) is 5.26 Å². The van der Waals surface area contributed by atoms with E-state index in [1.807, 2.05) is 12.1 Å². The number of nitrogens with one attached hydrogen (secondary N) is 1. The largest absolute Gasteiger partial charge is 0.339 e. The number of hydrogen-bond acceptors (Lipinski definition) is 3. The van der Waals surface area contributed by atoms with Gasteiger partial charge in [-0.25, -0.2) is 0 Å². The van der Waals surface area contributed by atoms with Gasteiger partial charge in [-0.1, -0.05) is 12.1 Å². The van der Waals surface area contributed by atoms with Crippen molar-refractivity contribution in [3.8, 4) is 6.07 Å². The van der Waals surface area contributed by atoms with Crippen molar-refractivity contribution in [3.05, 3.63) is 35.4 Å². The normalized spacial score (nSPS) is 20.2. The zero-order valence-corrected chi connectivity index (χ0v) is 8.17. The summed E-state index contributed by atoms with van der Waals surface area (Å²) in [4.78, 5) is 11.0. The highest BCUT2D eigenvalue weighted by Gasteiger charge is 2.22. The SMILES string of the molecule is N#Cc1ccc(C2NC(=O)CS2)cc1. The number of rotatable bonds is 1. The monoisotopic (exact) mass is 204 g/mol. The van der Waals surface area contributed by atoms with Crippen molar-refractivity contribution in [1.29, 1.82) is 5.26 Å². The highest BCUT2D eigenvalue weighted by molar-refractivity contribution is 8.00. The molecule has 1 aromatic carbocycles. The lowest BCUT2D eigenvalue weighted by molar-refractivity contribution is -0.118. The predicted molar refractivity (Wildman–Crippen MR) is 54.5 cm³/mol. The van der Waals surface area contributed by atoms with E-state index in [1.165, 1.54) is 0 Å². The molecule has 1 atom stereocenters. The van der Waals surface area contributed by atoms with Crippen LogP contribution in [0.2, 0.25) is 0 Å². The van der Waals surface area contributed by atoms with Crippen LogP contribution in [-0.4, -0.2) is 11.7 Å². The Kier molecular flexibility index (Phi) is 2.42. The lowest BCUT2D eigenvalue weighted by Gasteiger charge is -2.08. The Labute approximate surface area is 86.1 Å². The van der Waals surface area contributed by atoms with Crippen LogP contribution in [0.15, 0.2) is 24.3 Å². The summed E-state index contributed by atoms with van der Waals surface area (Å²) in [7, 11) is 0. The van der Waals surface area contributed by atoms with Crippen LogP contribution in [0.3, 0.4) is 0 Å². The lowest BCUT2D eigenvalue weighted by Crippen LogP contribution is -2.18. The summed E-state index contributed by atoms with van der Waals surface area (Å²) in [5.74, 6) is 0.592. The molecule has 1 saturated heterocycles. The van der Waals surface area contributed by atoms with E-state index in [1.54, 1.807) is 23.9 Å². The van der Waals surface area contributed by atoms with Crippen molar-refractivity contribution in [1.82, 2.24) is 5.32 Å². The quantitative estimate of drug-likeness (QED) is 0.752. The molecule has 0 bridgehead atoms. The molecule has 4 heteroatoms. The standard InChI is InChI=1S/C10H8N2OS/c11-5-7-1-3-8(4-2-7)10-12-9(13)6-14-10/h1-4,10H,6H2,(H,12,13). The van der Waals surface area contributed by atoms with Crippen LogP contribution in [0, 0.1) is 11.3 Å². The van der Waals surface area contributed by atoms with Crippen molar-refractivity contribution in [2.45, 2.75) is 5.37 Å². The van der Waals surface area contributed by atoms with E-state index in [-0.39, 0.29) is 11.3 Å². The third kappa shape index (κ3) is 1.73. The molecule has 1 aromatic rings. The first-order valence-corrected chi connectivity index (χ1v) is 5.25. The van der Waals surface area contributed by atoms with Gasteiger partial charge in [0.1, 0.15) is 5.37 Å². The maximum Gasteiger partial charge on any atom is 0.231 e. The fourth-order valence-electron chi connectivity index (χ4n) is 1.30. The summed E-state index contributed by atoms with van der Waals surface area (Å²) in [5.41, 5.74) is 1.68. The van der Waals surface area contributed by atoms with Crippen LogP contribution in [-0.2, 0) is 4.79 Å². The van der Waals surface area contributed by atoms with E-state index < -0.39 is 0 Å². The Balaban J connectivity index is 2.18. The maximum absolute atomic E-state index is 11.0. The van der Waals surface area contributed by atoms with Crippen LogP contribution in [0.25, 0.3) is 0 Å². The molecule has 0 aliphatic carbocycles. The summed E-state index contributed by atoms with van der Waals surface area (Å²) in [6, 6.07) is 9.34. The molecule has 1 aliphatic rings. The van der Waals surface area contributed by atoms with Crippen LogP contribution in [0.1, 0.15) is 16.5 Å². The van der Waals surface area contributed by atoms with Gasteiger partial charge in [0.25, 0.3) is 0 Å². The summed E-state index contributed by atoms with van der Waals surface area (Å²) in [6.07, 6.45) is 0. The highest BCUT2D eigenvalue weighted by atomic mass is 32.2. The molecule has 2 rings (SSSR count). The van der Waals surface area contributed by atoms with E-state index >= 15 is 0 Å². The fourth-order valence-corrected chi connectivity index (χ4v) is 2.27. The minimum atomic E-state index is 0.0512. The van der Waals surface area contributed by atoms with Crippen LogP contribution in [0.5, 0.6) is 0 Å². The molecular weight excluding hydrogens is 196 g/mol. The predicted octanol–water partition coefficient (Wildman–Crippen LogP) is 1.42. The Morgan fingerprint density at radius 2 is 2.14 bits per heavy atom. The molecule has 1 amide bonds. The van der Waals surface area contributed by atoms with E-state index in [9.17, 15) is 4.79 Å². The molecule has 3 nitrogen and oxygen atoms in total. The summed E-state index contributed by atoms with van der Waals surface area (Å²) >= 11 is 1.57. The molecule has 0 saturated carbocycles. The van der Waals surface area contributed by atoms with E-state index in [0.717, 1.165) is 5.56 Å². The molecule has 1 heterocycles. The average molecular weight is 204 g/mol. The van der Waals surface area contributed by atoms with Crippen LogP contribution in [0.4, 0.5) is 0 Å². The first-order chi connectivity index (χ1) is 6.79. The zero-order chi connectivity index (χ0) is 9.97. The molecule has 1 unspecified atom stereocenters. The molecule has 1 fully saturated rings. The van der Waals surface area contributed by atoms with Crippen molar-refractivity contribution in [2.75, 3.05) is 5.75 Å². The van der Waals surface area contributed by atoms with Gasteiger partial charge >= 0.3 is 0 Å². The average Bonchev–Trinajstić information content (AvgIpc) is 2.65. The minimum absolute atomic E-state index is 0.0512. The van der Waals surface area contributed by atoms with Gasteiger partial charge in [0.05, 0.1) is 17.4 Å². The Hall–Kier alpha value is -1.47. The van der Waals surface area contributed by atoms with Crippen molar-refractivity contribution >= 4 is 17.7 Å². The van der Waals surface area contributed by atoms with Crippen LogP contribution >= 0.6 is 11.8 Å². The molecule has 0 radical (unpaired) electrons. The number of thioether (sulfide) groups is 1. The Morgan fingerprint density at radius 3 is 2.64 bits per heavy atom. The van der Waals surface area contributed by atoms with Gasteiger partial charge in [-0.3, -0.25) is 4.79 Å². The summed E-state index contributed by atoms with van der Waals surface area (Å²) < 4.78 is 0. The first-order valence-electron chi connectivity index (χ1n) is 4.20. The highest BCUT2D eigenvalue weighted by Crippen LogP contribution is 2.30. The van der Waals surface area contributed by atoms with Crippen LogP contribution < -0.4 is 5.32 Å². The van der Waals surface area contributed by atoms with Crippen molar-refractivity contribution in [3.63, 3.8) is 0 Å². The molecule has 0 aromatic heterocycles. The Morgan fingerprint density at radius 1 is 1.43 bits per heavy atom. The molecule has 1 aliphatic heterocycles. The van der Waals surface area contributed by atoms with E-state index in [2.05, 4.69) is 11.4 Å². The number of hydrogen-bond donors (Lipinski definition) is 1. The Bertz CT molecular complexity index is 394. The van der Waals surface area contributed by atoms with Gasteiger partial charge in [-0.15, -0.1) is 11.8 Å². The minimum Gasteiger partial charge on any atom is -0.339 e. The second kappa shape index (κ2) is 3.72. The van der Waals surface area contributed by atoms with E-state index in [4.69, 9.17) is 5.26 Å². The molecule has 1 N–H and O–H groups in total. The number of nitrogens with zero attached hydrogens (tertiary/aromatic N) is 1. The second-order valence-electron chi connectivity index (χ2n) is 2.99. The number of carbonyl (C=O) groups excluding carboxylic acids is 1. The maximum atomic E-state index is 11.0. The third-order valence-electron chi connectivity index (χ3n) is 2.02. The van der Waals surface area contributed by atoms with Crippen molar-refractivity contribution in [2.24, 2.45) is 0 Å². The number of nitriles is 1. The number of carbonyl (C=O) groups is 1. The lowest BCUT2D eigenvalue weighted by atomic mass is 10.1. The number of benzene rings is 1. The smallest absolute Gasteiger partial charge is 0.231 e. The second-order valence-corrected chi connectivity index (χ2v) is 4.09. The van der Waals surface area contributed by atoms with Gasteiger partial charge < -0.3 is 5.32 Å². The fraction of sp³-hybridized carbons (Fsp3) is 0.200. The molecule has 14 heavy (non-hydrogen) atoms. The van der Waals surface area contributed by atoms with E-state index in [0.29, 0.717) is 11.3 Å².